The van der Waals surface area contributed by atoms with Crippen LogP contribution < -0.4 is 4.90 Å². The van der Waals surface area contributed by atoms with Gasteiger partial charge in [-0.3, -0.25) is 0 Å². The third-order valence-corrected chi connectivity index (χ3v) is 9.31. The van der Waals surface area contributed by atoms with Gasteiger partial charge in [0.05, 0.1) is 5.69 Å². The Hall–Kier alpha value is -5.86. The summed E-state index contributed by atoms with van der Waals surface area (Å²) in [5, 5.41) is 6.98. The standard InChI is InChI=1S/C44H31NO/c1-3-12-30(13-4-1)32-22-25-35(26-23-32)45(36-27-24-31-14-7-8-17-34(31)28-36)42-29-41-40-21-11-20-37(33-15-5-2-6-16-33)43(40)46-44(41)39-19-10-9-18-38(39)42/h1-5,7-15,17-29H,6,16H2. The molecule has 2 nitrogen and oxygen atoms in total. The van der Waals surface area contributed by atoms with Gasteiger partial charge in [0.25, 0.3) is 0 Å². The van der Waals surface area contributed by atoms with Gasteiger partial charge in [-0.2, -0.15) is 0 Å². The van der Waals surface area contributed by atoms with Gasteiger partial charge in [-0.1, -0.05) is 133 Å². The number of furan rings is 1. The van der Waals surface area contributed by atoms with Gasteiger partial charge in [-0.05, 0) is 70.6 Å². The Bertz CT molecular complexity index is 2460. The lowest BCUT2D eigenvalue weighted by Gasteiger charge is -2.27. The van der Waals surface area contributed by atoms with Gasteiger partial charge in [0.1, 0.15) is 11.2 Å². The Morgan fingerprint density at radius 1 is 0.500 bits per heavy atom. The minimum Gasteiger partial charge on any atom is -0.455 e. The molecule has 7 aromatic carbocycles. The molecule has 8 aromatic rings. The Morgan fingerprint density at radius 3 is 2.02 bits per heavy atom. The maximum Gasteiger partial charge on any atom is 0.143 e. The SMILES string of the molecule is C1=CCCC(c2cccc3c2oc2c4ccccc4c(N(c4ccc(-c5ccccc5)cc4)c4ccc5ccccc5c4)cc32)=C1. The first-order valence-corrected chi connectivity index (χ1v) is 16.0. The van der Waals surface area contributed by atoms with Gasteiger partial charge in [0.2, 0.25) is 0 Å². The average Bonchev–Trinajstić information content (AvgIpc) is 3.52. The molecule has 0 aliphatic heterocycles. The Kier molecular flexibility index (Phi) is 6.31. The molecule has 46 heavy (non-hydrogen) atoms. The highest BCUT2D eigenvalue weighted by molar-refractivity contribution is 6.20. The fourth-order valence-electron chi connectivity index (χ4n) is 7.04. The highest BCUT2D eigenvalue weighted by Gasteiger charge is 2.22. The second-order valence-corrected chi connectivity index (χ2v) is 12.0. The van der Waals surface area contributed by atoms with Gasteiger partial charge in [0, 0.05) is 38.5 Å². The summed E-state index contributed by atoms with van der Waals surface area (Å²) in [4.78, 5) is 2.40. The van der Waals surface area contributed by atoms with Crippen molar-refractivity contribution in [3.8, 4) is 11.1 Å². The van der Waals surface area contributed by atoms with Crippen molar-refractivity contribution in [2.45, 2.75) is 12.8 Å². The summed E-state index contributed by atoms with van der Waals surface area (Å²) in [7, 11) is 0. The van der Waals surface area contributed by atoms with E-state index in [-0.39, 0.29) is 0 Å². The maximum atomic E-state index is 6.84. The number of benzene rings is 7. The third-order valence-electron chi connectivity index (χ3n) is 9.31. The number of para-hydroxylation sites is 1. The number of anilines is 3. The molecule has 0 unspecified atom stereocenters. The monoisotopic (exact) mass is 589 g/mol. The van der Waals surface area contributed by atoms with Crippen LogP contribution in [0.5, 0.6) is 0 Å². The van der Waals surface area contributed by atoms with Crippen LogP contribution in [0.4, 0.5) is 17.1 Å². The van der Waals surface area contributed by atoms with Crippen LogP contribution in [0.15, 0.2) is 168 Å². The van der Waals surface area contributed by atoms with Crippen molar-refractivity contribution in [3.63, 3.8) is 0 Å². The van der Waals surface area contributed by atoms with Crippen LogP contribution in [0.3, 0.4) is 0 Å². The predicted molar refractivity (Wildman–Crippen MR) is 195 cm³/mol. The smallest absolute Gasteiger partial charge is 0.143 e. The van der Waals surface area contributed by atoms with Crippen molar-refractivity contribution in [2.24, 2.45) is 0 Å². The van der Waals surface area contributed by atoms with Gasteiger partial charge >= 0.3 is 0 Å². The van der Waals surface area contributed by atoms with Gasteiger partial charge in [-0.15, -0.1) is 0 Å². The lowest BCUT2D eigenvalue weighted by Crippen LogP contribution is -2.10. The highest BCUT2D eigenvalue weighted by Crippen LogP contribution is 2.46. The van der Waals surface area contributed by atoms with Gasteiger partial charge < -0.3 is 9.32 Å². The summed E-state index contributed by atoms with van der Waals surface area (Å²) in [6.07, 6.45) is 8.70. The molecule has 0 amide bonds. The zero-order valence-electron chi connectivity index (χ0n) is 25.4. The van der Waals surface area contributed by atoms with E-state index in [1.54, 1.807) is 0 Å². The van der Waals surface area contributed by atoms with Gasteiger partial charge in [0.15, 0.2) is 0 Å². The molecule has 0 radical (unpaired) electrons. The summed E-state index contributed by atoms with van der Waals surface area (Å²) in [5.74, 6) is 0. The first kappa shape index (κ1) is 26.5. The average molecular weight is 590 g/mol. The Balaban J connectivity index is 1.31. The second kappa shape index (κ2) is 10.9. The number of hydrogen-bond donors (Lipinski definition) is 0. The van der Waals surface area contributed by atoms with E-state index in [2.05, 4.69) is 169 Å². The molecule has 9 rings (SSSR count). The van der Waals surface area contributed by atoms with Crippen molar-refractivity contribution in [1.29, 1.82) is 0 Å². The molecule has 2 heteroatoms. The zero-order valence-corrected chi connectivity index (χ0v) is 25.4. The number of hydrogen-bond acceptors (Lipinski definition) is 2. The maximum absolute atomic E-state index is 6.84. The van der Waals surface area contributed by atoms with Crippen LogP contribution in [-0.2, 0) is 0 Å². The molecule has 0 atom stereocenters. The van der Waals surface area contributed by atoms with Crippen LogP contribution in [-0.4, -0.2) is 0 Å². The van der Waals surface area contributed by atoms with E-state index in [9.17, 15) is 0 Å². The molecule has 0 spiro atoms. The molecule has 0 N–H and O–H groups in total. The van der Waals surface area contributed by atoms with Crippen molar-refractivity contribution < 1.29 is 4.42 Å². The zero-order chi connectivity index (χ0) is 30.5. The van der Waals surface area contributed by atoms with Crippen molar-refractivity contribution in [2.75, 3.05) is 4.90 Å². The fraction of sp³-hybridized carbons (Fsp3) is 0.0455. The highest BCUT2D eigenvalue weighted by atomic mass is 16.3. The number of rotatable bonds is 5. The van der Waals surface area contributed by atoms with Crippen LogP contribution in [0, 0.1) is 0 Å². The lowest BCUT2D eigenvalue weighted by molar-refractivity contribution is 0.671. The topological polar surface area (TPSA) is 16.4 Å². The lowest BCUT2D eigenvalue weighted by atomic mass is 9.95. The van der Waals surface area contributed by atoms with E-state index in [4.69, 9.17) is 4.42 Å². The van der Waals surface area contributed by atoms with E-state index in [0.717, 1.165) is 62.6 Å². The summed E-state index contributed by atoms with van der Waals surface area (Å²) < 4.78 is 6.84. The summed E-state index contributed by atoms with van der Waals surface area (Å²) in [5.41, 5.74) is 10.2. The normalized spacial score (nSPS) is 13.1. The number of fused-ring (bicyclic) bond motifs is 6. The van der Waals surface area contributed by atoms with E-state index in [1.165, 1.54) is 33.0 Å². The van der Waals surface area contributed by atoms with E-state index in [1.807, 2.05) is 0 Å². The van der Waals surface area contributed by atoms with E-state index < -0.39 is 0 Å². The largest absolute Gasteiger partial charge is 0.455 e. The number of allylic oxidation sites excluding steroid dienone is 4. The molecule has 0 fully saturated rings. The molecule has 218 valence electrons. The third kappa shape index (κ3) is 4.42. The molecule has 1 aliphatic rings. The predicted octanol–water partition coefficient (Wildman–Crippen LogP) is 12.8. The van der Waals surface area contributed by atoms with Crippen LogP contribution >= 0.6 is 0 Å². The summed E-state index contributed by atoms with van der Waals surface area (Å²) >= 11 is 0. The molecule has 0 bridgehead atoms. The molecule has 1 aliphatic carbocycles. The Morgan fingerprint density at radius 2 is 1.20 bits per heavy atom. The van der Waals surface area contributed by atoms with Crippen molar-refractivity contribution >= 4 is 66.1 Å². The first-order valence-electron chi connectivity index (χ1n) is 16.0. The minimum atomic E-state index is 0.937. The van der Waals surface area contributed by atoms with Crippen LogP contribution in [0.1, 0.15) is 18.4 Å². The molecule has 1 heterocycles. The molecular weight excluding hydrogens is 558 g/mol. The van der Waals surface area contributed by atoms with Crippen molar-refractivity contribution in [1.82, 2.24) is 0 Å². The second-order valence-electron chi connectivity index (χ2n) is 12.0. The minimum absolute atomic E-state index is 0.937. The first-order chi connectivity index (χ1) is 22.8. The van der Waals surface area contributed by atoms with Crippen LogP contribution in [0.2, 0.25) is 0 Å². The number of nitrogens with zero attached hydrogens (tertiary/aromatic N) is 1. The van der Waals surface area contributed by atoms with E-state index in [0.29, 0.717) is 0 Å². The summed E-state index contributed by atoms with van der Waals surface area (Å²) in [6.45, 7) is 0. The van der Waals surface area contributed by atoms with Gasteiger partial charge in [-0.25, -0.2) is 0 Å². The van der Waals surface area contributed by atoms with E-state index >= 15 is 0 Å². The Labute approximate surface area is 268 Å². The molecule has 1 aromatic heterocycles. The van der Waals surface area contributed by atoms with Crippen molar-refractivity contribution in [3.05, 3.63) is 169 Å². The molecular formula is C44H31NO. The fourth-order valence-corrected chi connectivity index (χ4v) is 7.04. The van der Waals surface area contributed by atoms with Crippen LogP contribution in [0.25, 0.3) is 60.2 Å². The molecule has 0 saturated heterocycles. The quantitative estimate of drug-likeness (QED) is 0.199. The molecule has 0 saturated carbocycles. The summed E-state index contributed by atoms with van der Waals surface area (Å²) in [6, 6.07) is 52.4.